The number of halogens is 2. The Morgan fingerprint density at radius 3 is 2.88 bits per heavy atom. The van der Waals surface area contributed by atoms with E-state index in [1.165, 1.54) is 6.07 Å². The number of ether oxygens (including phenoxy) is 1. The van der Waals surface area contributed by atoms with Gasteiger partial charge in [0, 0.05) is 25.6 Å². The Balaban J connectivity index is 1.90. The van der Waals surface area contributed by atoms with Gasteiger partial charge >= 0.3 is 0 Å². The number of hydrogen-bond acceptors (Lipinski definition) is 3. The number of nitrogens with zero attached hydrogens (tertiary/aromatic N) is 3. The Hall–Kier alpha value is -2.08. The van der Waals surface area contributed by atoms with Gasteiger partial charge in [-0.25, -0.2) is 9.07 Å². The van der Waals surface area contributed by atoms with Gasteiger partial charge in [-0.15, -0.1) is 0 Å². The second-order valence-electron chi connectivity index (χ2n) is 6.67. The summed E-state index contributed by atoms with van der Waals surface area (Å²) < 4.78 is 21.6. The van der Waals surface area contributed by atoms with E-state index in [-0.39, 0.29) is 17.0 Å². The maximum Gasteiger partial charge on any atom is 0.275 e. The van der Waals surface area contributed by atoms with Gasteiger partial charge < -0.3 is 9.64 Å². The molecule has 1 aromatic heterocycles. The molecule has 25 heavy (non-hydrogen) atoms. The average molecular weight is 364 g/mol. The van der Waals surface area contributed by atoms with Crippen molar-refractivity contribution in [2.24, 2.45) is 0 Å². The number of benzene rings is 1. The maximum absolute atomic E-state index is 14.1. The Kier molecular flexibility index (Phi) is 3.95. The summed E-state index contributed by atoms with van der Waals surface area (Å²) in [6.07, 6.45) is 1.82. The smallest absolute Gasteiger partial charge is 0.275 e. The molecule has 0 bridgehead atoms. The first-order valence-electron chi connectivity index (χ1n) is 8.48. The summed E-state index contributed by atoms with van der Waals surface area (Å²) in [7, 11) is 0. The third-order valence-corrected chi connectivity index (χ3v) is 5.27. The summed E-state index contributed by atoms with van der Waals surface area (Å²) >= 11 is 5.89. The van der Waals surface area contributed by atoms with E-state index in [4.69, 9.17) is 16.3 Å². The first-order chi connectivity index (χ1) is 12.0. The molecule has 4 rings (SSSR count). The fraction of sp³-hybridized carbons (Fsp3) is 0.444. The number of fused-ring (bicyclic) bond motifs is 1. The van der Waals surface area contributed by atoms with Crippen molar-refractivity contribution in [2.45, 2.75) is 39.3 Å². The lowest BCUT2D eigenvalue weighted by atomic mass is 9.98. The van der Waals surface area contributed by atoms with Gasteiger partial charge in [-0.2, -0.15) is 5.10 Å². The third-order valence-electron chi connectivity index (χ3n) is 4.98. The van der Waals surface area contributed by atoms with E-state index in [9.17, 15) is 9.18 Å². The molecule has 5 nitrogen and oxygen atoms in total. The SMILES string of the molecule is Cc1cc(Cl)c(F)cc1-c1c(C(=O)N2CCC2C)nn2c1OCCC2. The summed E-state index contributed by atoms with van der Waals surface area (Å²) in [6, 6.07) is 3.13. The number of carbonyl (C=O) groups is 1. The van der Waals surface area contributed by atoms with E-state index in [1.54, 1.807) is 15.6 Å². The van der Waals surface area contributed by atoms with Crippen molar-refractivity contribution in [3.63, 3.8) is 0 Å². The lowest BCUT2D eigenvalue weighted by Crippen LogP contribution is -2.49. The number of aromatic nitrogens is 2. The van der Waals surface area contributed by atoms with Crippen molar-refractivity contribution in [1.29, 1.82) is 0 Å². The van der Waals surface area contributed by atoms with Crippen LogP contribution in [0.15, 0.2) is 12.1 Å². The Labute approximate surface area is 150 Å². The minimum Gasteiger partial charge on any atom is -0.477 e. The van der Waals surface area contributed by atoms with Gasteiger partial charge in [-0.1, -0.05) is 11.6 Å². The minimum absolute atomic E-state index is 0.0625. The molecular weight excluding hydrogens is 345 g/mol. The highest BCUT2D eigenvalue weighted by atomic mass is 35.5. The Bertz CT molecular complexity index is 864. The van der Waals surface area contributed by atoms with Crippen LogP contribution in [0.25, 0.3) is 11.1 Å². The van der Waals surface area contributed by atoms with Crippen molar-refractivity contribution in [2.75, 3.05) is 13.2 Å². The second-order valence-corrected chi connectivity index (χ2v) is 7.08. The summed E-state index contributed by atoms with van der Waals surface area (Å²) in [4.78, 5) is 14.8. The molecule has 0 saturated carbocycles. The monoisotopic (exact) mass is 363 g/mol. The second kappa shape index (κ2) is 6.02. The molecule has 0 radical (unpaired) electrons. The van der Waals surface area contributed by atoms with Crippen molar-refractivity contribution < 1.29 is 13.9 Å². The molecule has 1 saturated heterocycles. The molecule has 1 aromatic carbocycles. The van der Waals surface area contributed by atoms with E-state index in [2.05, 4.69) is 5.10 Å². The van der Waals surface area contributed by atoms with Crippen LogP contribution in [0.3, 0.4) is 0 Å². The number of amides is 1. The van der Waals surface area contributed by atoms with Gasteiger partial charge in [0.15, 0.2) is 5.69 Å². The molecule has 1 amide bonds. The summed E-state index contributed by atoms with van der Waals surface area (Å²) in [5.41, 5.74) is 2.27. The van der Waals surface area contributed by atoms with Gasteiger partial charge in [0.2, 0.25) is 5.88 Å². The zero-order valence-electron chi connectivity index (χ0n) is 14.2. The molecule has 2 aliphatic rings. The molecule has 1 unspecified atom stereocenters. The molecule has 0 spiro atoms. The van der Waals surface area contributed by atoms with Gasteiger partial charge in [-0.05, 0) is 43.5 Å². The van der Waals surface area contributed by atoms with Crippen LogP contribution in [0.1, 0.15) is 35.8 Å². The quantitative estimate of drug-likeness (QED) is 0.818. The van der Waals surface area contributed by atoms with E-state index in [0.29, 0.717) is 35.9 Å². The number of carbonyl (C=O) groups excluding carboxylic acids is 1. The van der Waals surface area contributed by atoms with Gasteiger partial charge in [0.25, 0.3) is 5.91 Å². The van der Waals surface area contributed by atoms with Crippen molar-refractivity contribution in [3.05, 3.63) is 34.2 Å². The number of hydrogen-bond donors (Lipinski definition) is 0. The molecule has 7 heteroatoms. The van der Waals surface area contributed by atoms with Crippen LogP contribution in [0.5, 0.6) is 5.88 Å². The maximum atomic E-state index is 14.1. The first kappa shape index (κ1) is 16.4. The van der Waals surface area contributed by atoms with Crippen molar-refractivity contribution >= 4 is 17.5 Å². The van der Waals surface area contributed by atoms with E-state index in [1.807, 2.05) is 13.8 Å². The predicted octanol–water partition coefficient (Wildman–Crippen LogP) is 3.67. The van der Waals surface area contributed by atoms with Crippen molar-refractivity contribution in [1.82, 2.24) is 14.7 Å². The van der Waals surface area contributed by atoms with Gasteiger partial charge in [0.05, 0.1) is 17.2 Å². The Morgan fingerprint density at radius 1 is 1.40 bits per heavy atom. The molecule has 132 valence electrons. The van der Waals surface area contributed by atoms with Crippen molar-refractivity contribution in [3.8, 4) is 17.0 Å². The normalized spacial score (nSPS) is 19.2. The highest BCUT2D eigenvalue weighted by Crippen LogP contribution is 2.40. The molecule has 1 atom stereocenters. The fourth-order valence-electron chi connectivity index (χ4n) is 3.39. The van der Waals surface area contributed by atoms with Crippen LogP contribution < -0.4 is 4.74 Å². The molecule has 0 N–H and O–H groups in total. The largest absolute Gasteiger partial charge is 0.477 e. The highest BCUT2D eigenvalue weighted by Gasteiger charge is 2.35. The molecule has 2 aromatic rings. The summed E-state index contributed by atoms with van der Waals surface area (Å²) in [5, 5.41) is 4.57. The van der Waals surface area contributed by atoms with E-state index in [0.717, 1.165) is 24.9 Å². The highest BCUT2D eigenvalue weighted by molar-refractivity contribution is 6.30. The first-order valence-corrected chi connectivity index (χ1v) is 8.85. The molecule has 1 fully saturated rings. The molecule has 2 aliphatic heterocycles. The summed E-state index contributed by atoms with van der Waals surface area (Å²) in [5.74, 6) is -0.115. The third kappa shape index (κ3) is 2.59. The predicted molar refractivity (Wildman–Crippen MR) is 92.6 cm³/mol. The fourth-order valence-corrected chi connectivity index (χ4v) is 3.61. The number of likely N-dealkylation sites (tertiary alicyclic amines) is 1. The zero-order valence-corrected chi connectivity index (χ0v) is 14.9. The molecule has 3 heterocycles. The van der Waals surface area contributed by atoms with Crippen LogP contribution >= 0.6 is 11.6 Å². The molecule has 0 aliphatic carbocycles. The lowest BCUT2D eigenvalue weighted by Gasteiger charge is -2.38. The van der Waals surface area contributed by atoms with Gasteiger partial charge in [-0.3, -0.25) is 4.79 Å². The summed E-state index contributed by atoms with van der Waals surface area (Å²) in [6.45, 7) is 5.81. The standard InChI is InChI=1S/C18H19ClFN3O2/c1-10-8-13(19)14(20)9-12(10)15-16(17(24)22-6-4-11(22)2)21-23-5-3-7-25-18(15)23/h8-9,11H,3-7H2,1-2H3. The van der Waals surface area contributed by atoms with Crippen LogP contribution in [-0.4, -0.2) is 39.8 Å². The van der Waals surface area contributed by atoms with Crippen LogP contribution in [0, 0.1) is 12.7 Å². The number of aryl methyl sites for hydroxylation is 2. The zero-order chi connectivity index (χ0) is 17.7. The lowest BCUT2D eigenvalue weighted by molar-refractivity contribution is 0.0496. The Morgan fingerprint density at radius 2 is 2.20 bits per heavy atom. The van der Waals surface area contributed by atoms with Gasteiger partial charge in [0.1, 0.15) is 5.82 Å². The van der Waals surface area contributed by atoms with E-state index < -0.39 is 5.82 Å². The number of rotatable bonds is 2. The topological polar surface area (TPSA) is 47.4 Å². The average Bonchev–Trinajstić information content (AvgIpc) is 2.96. The van der Waals surface area contributed by atoms with Crippen LogP contribution in [0.4, 0.5) is 4.39 Å². The van der Waals surface area contributed by atoms with E-state index >= 15 is 0 Å². The molecular formula is C18H19ClFN3O2. The van der Waals surface area contributed by atoms with Crippen LogP contribution in [0.2, 0.25) is 5.02 Å². The minimum atomic E-state index is -0.520. The van der Waals surface area contributed by atoms with Crippen LogP contribution in [-0.2, 0) is 6.54 Å².